The summed E-state index contributed by atoms with van der Waals surface area (Å²) >= 11 is 2.31. The molecule has 0 aliphatic heterocycles. The van der Waals surface area contributed by atoms with Crippen molar-refractivity contribution >= 4 is 28.6 Å². The number of ether oxygens (including phenoxy) is 1. The van der Waals surface area contributed by atoms with Crippen LogP contribution in [0.4, 0.5) is 0 Å². The van der Waals surface area contributed by atoms with Gasteiger partial charge in [0, 0.05) is 16.2 Å². The third-order valence-corrected chi connectivity index (χ3v) is 3.51. The van der Waals surface area contributed by atoms with Gasteiger partial charge in [-0.15, -0.1) is 0 Å². The van der Waals surface area contributed by atoms with Crippen molar-refractivity contribution in [3.8, 4) is 0 Å². The summed E-state index contributed by atoms with van der Waals surface area (Å²) < 4.78 is 6.13. The van der Waals surface area contributed by atoms with Crippen molar-refractivity contribution in [3.63, 3.8) is 0 Å². The molecule has 1 aromatic carbocycles. The van der Waals surface area contributed by atoms with Crippen molar-refractivity contribution in [3.05, 3.63) is 45.0 Å². The summed E-state index contributed by atoms with van der Waals surface area (Å²) in [6.45, 7) is 5.84. The van der Waals surface area contributed by atoms with Crippen LogP contribution in [-0.2, 0) is 16.0 Å². The number of hydrogen-bond acceptors (Lipinski definition) is 3. The Bertz CT molecular complexity index is 440. The van der Waals surface area contributed by atoms with Gasteiger partial charge in [0.15, 0.2) is 0 Å². The smallest absolute Gasteiger partial charge is 0.330 e. The zero-order valence-corrected chi connectivity index (χ0v) is 14.3. The topological polar surface area (TPSA) is 38.3 Å². The van der Waals surface area contributed by atoms with Crippen molar-refractivity contribution in [1.82, 2.24) is 5.32 Å². The van der Waals surface area contributed by atoms with E-state index >= 15 is 0 Å². The van der Waals surface area contributed by atoms with Crippen LogP contribution in [-0.4, -0.2) is 25.7 Å². The van der Waals surface area contributed by atoms with Gasteiger partial charge in [0.25, 0.3) is 0 Å². The minimum Gasteiger partial charge on any atom is -0.463 e. The Morgan fingerprint density at radius 3 is 2.70 bits per heavy atom. The molecular formula is C16H22INO2. The highest BCUT2D eigenvalue weighted by molar-refractivity contribution is 14.1. The maximum atomic E-state index is 11.2. The van der Waals surface area contributed by atoms with E-state index in [9.17, 15) is 4.79 Å². The minimum absolute atomic E-state index is 0.259. The molecule has 0 spiro atoms. The maximum absolute atomic E-state index is 11.2. The highest BCUT2D eigenvalue weighted by atomic mass is 127. The molecule has 110 valence electrons. The molecule has 0 amide bonds. The van der Waals surface area contributed by atoms with Crippen LogP contribution in [0.15, 0.2) is 35.9 Å². The van der Waals surface area contributed by atoms with E-state index in [4.69, 9.17) is 4.74 Å². The number of esters is 1. The van der Waals surface area contributed by atoms with Crippen LogP contribution in [0, 0.1) is 3.57 Å². The number of carbonyl (C=O) groups excluding carboxylic acids is 1. The monoisotopic (exact) mass is 387 g/mol. The molecule has 1 aromatic rings. The molecule has 0 aliphatic rings. The molecule has 4 heteroatoms. The van der Waals surface area contributed by atoms with E-state index in [2.05, 4.69) is 52.2 Å². The number of carbonyl (C=O) groups is 1. The largest absolute Gasteiger partial charge is 0.463 e. The first kappa shape index (κ1) is 17.2. The molecule has 0 bridgehead atoms. The number of benzene rings is 1. The summed E-state index contributed by atoms with van der Waals surface area (Å²) in [6.07, 6.45) is 3.72. The standard InChI is InChI=1S/C16H22INO2/c1-3-20-16(19)11-13(2)12-18-10-4-5-14-6-8-15(17)9-7-14/h6-9,11,18H,3-5,10,12H2,1-2H3/b13-11+. The van der Waals surface area contributed by atoms with Gasteiger partial charge in [-0.3, -0.25) is 0 Å². The van der Waals surface area contributed by atoms with E-state index in [0.29, 0.717) is 6.61 Å². The van der Waals surface area contributed by atoms with Crippen LogP contribution in [0.2, 0.25) is 0 Å². The molecule has 0 unspecified atom stereocenters. The highest BCUT2D eigenvalue weighted by Gasteiger charge is 1.98. The molecular weight excluding hydrogens is 365 g/mol. The number of aryl methyl sites for hydroxylation is 1. The number of hydrogen-bond donors (Lipinski definition) is 1. The Morgan fingerprint density at radius 2 is 2.05 bits per heavy atom. The van der Waals surface area contributed by atoms with Gasteiger partial charge < -0.3 is 10.1 Å². The zero-order valence-electron chi connectivity index (χ0n) is 12.1. The normalized spacial score (nSPS) is 11.4. The fourth-order valence-electron chi connectivity index (χ4n) is 1.79. The van der Waals surface area contributed by atoms with Gasteiger partial charge in [0.2, 0.25) is 0 Å². The average molecular weight is 387 g/mol. The highest BCUT2D eigenvalue weighted by Crippen LogP contribution is 2.08. The predicted molar refractivity (Wildman–Crippen MR) is 90.7 cm³/mol. The fraction of sp³-hybridized carbons (Fsp3) is 0.438. The summed E-state index contributed by atoms with van der Waals surface area (Å²) in [5, 5.41) is 3.34. The SMILES string of the molecule is CCOC(=O)/C=C(\C)CNCCCc1ccc(I)cc1. The van der Waals surface area contributed by atoms with E-state index in [-0.39, 0.29) is 5.97 Å². The fourth-order valence-corrected chi connectivity index (χ4v) is 2.15. The van der Waals surface area contributed by atoms with E-state index < -0.39 is 0 Å². The first-order valence-electron chi connectivity index (χ1n) is 6.91. The summed E-state index contributed by atoms with van der Waals surface area (Å²) in [4.78, 5) is 11.2. The molecule has 0 radical (unpaired) electrons. The van der Waals surface area contributed by atoms with Gasteiger partial charge in [0.05, 0.1) is 6.61 Å². The second-order valence-electron chi connectivity index (χ2n) is 4.65. The lowest BCUT2D eigenvalue weighted by Crippen LogP contribution is -2.18. The van der Waals surface area contributed by atoms with Crippen molar-refractivity contribution in [2.75, 3.05) is 19.7 Å². The van der Waals surface area contributed by atoms with Crippen molar-refractivity contribution in [1.29, 1.82) is 0 Å². The first-order chi connectivity index (χ1) is 9.61. The van der Waals surface area contributed by atoms with Crippen LogP contribution < -0.4 is 5.32 Å². The predicted octanol–water partition coefficient (Wildman–Crippen LogP) is 3.32. The summed E-state index contributed by atoms with van der Waals surface area (Å²) in [5.74, 6) is -0.259. The molecule has 0 fully saturated rings. The Hall–Kier alpha value is -0.880. The lowest BCUT2D eigenvalue weighted by molar-refractivity contribution is -0.137. The second kappa shape index (κ2) is 9.94. The van der Waals surface area contributed by atoms with Gasteiger partial charge in [-0.05, 0) is 73.5 Å². The average Bonchev–Trinajstić information content (AvgIpc) is 2.40. The molecule has 0 aliphatic carbocycles. The van der Waals surface area contributed by atoms with E-state index in [1.54, 1.807) is 6.08 Å². The molecule has 20 heavy (non-hydrogen) atoms. The third kappa shape index (κ3) is 7.65. The van der Waals surface area contributed by atoms with Gasteiger partial charge in [-0.25, -0.2) is 4.79 Å². The Labute approximate surface area is 134 Å². The summed E-state index contributed by atoms with van der Waals surface area (Å²) in [5.41, 5.74) is 2.36. The van der Waals surface area contributed by atoms with E-state index in [1.165, 1.54) is 9.13 Å². The molecule has 0 saturated heterocycles. The Balaban J connectivity index is 2.15. The lowest BCUT2D eigenvalue weighted by Gasteiger charge is -2.05. The van der Waals surface area contributed by atoms with Crippen LogP contribution in [0.25, 0.3) is 0 Å². The lowest BCUT2D eigenvalue weighted by atomic mass is 10.1. The zero-order chi connectivity index (χ0) is 14.8. The summed E-state index contributed by atoms with van der Waals surface area (Å²) in [7, 11) is 0. The van der Waals surface area contributed by atoms with Crippen LogP contribution >= 0.6 is 22.6 Å². The molecule has 1 N–H and O–H groups in total. The number of halogens is 1. The van der Waals surface area contributed by atoms with Gasteiger partial charge in [-0.2, -0.15) is 0 Å². The molecule has 0 saturated carbocycles. The van der Waals surface area contributed by atoms with Crippen molar-refractivity contribution in [2.24, 2.45) is 0 Å². The third-order valence-electron chi connectivity index (χ3n) is 2.79. The number of rotatable bonds is 8. The molecule has 1 rings (SSSR count). The Morgan fingerprint density at radius 1 is 1.35 bits per heavy atom. The van der Waals surface area contributed by atoms with Crippen LogP contribution in [0.3, 0.4) is 0 Å². The second-order valence-corrected chi connectivity index (χ2v) is 5.90. The maximum Gasteiger partial charge on any atom is 0.330 e. The molecule has 0 atom stereocenters. The van der Waals surface area contributed by atoms with Gasteiger partial charge in [0.1, 0.15) is 0 Å². The van der Waals surface area contributed by atoms with E-state index in [1.807, 2.05) is 13.8 Å². The van der Waals surface area contributed by atoms with Crippen LogP contribution in [0.1, 0.15) is 25.8 Å². The quantitative estimate of drug-likeness (QED) is 0.322. The molecule has 0 aromatic heterocycles. The number of nitrogens with one attached hydrogen (secondary N) is 1. The minimum atomic E-state index is -0.259. The molecule has 0 heterocycles. The summed E-state index contributed by atoms with van der Waals surface area (Å²) in [6, 6.07) is 8.62. The Kier molecular flexibility index (Phi) is 8.53. The molecule has 3 nitrogen and oxygen atoms in total. The van der Waals surface area contributed by atoms with E-state index in [0.717, 1.165) is 31.5 Å². The van der Waals surface area contributed by atoms with Gasteiger partial charge >= 0.3 is 5.97 Å². The van der Waals surface area contributed by atoms with Gasteiger partial charge in [-0.1, -0.05) is 17.7 Å². The first-order valence-corrected chi connectivity index (χ1v) is 7.98. The van der Waals surface area contributed by atoms with Crippen LogP contribution in [0.5, 0.6) is 0 Å². The van der Waals surface area contributed by atoms with Crippen molar-refractivity contribution in [2.45, 2.75) is 26.7 Å². The van der Waals surface area contributed by atoms with Crippen molar-refractivity contribution < 1.29 is 9.53 Å².